The van der Waals surface area contributed by atoms with Gasteiger partial charge in [0.1, 0.15) is 10.8 Å². The summed E-state index contributed by atoms with van der Waals surface area (Å²) in [4.78, 5) is 7.82. The van der Waals surface area contributed by atoms with Crippen molar-refractivity contribution in [2.75, 3.05) is 11.9 Å². The monoisotopic (exact) mass is 245 g/mol. The third-order valence-corrected chi connectivity index (χ3v) is 3.41. The lowest BCUT2D eigenvalue weighted by Gasteiger charge is -2.08. The van der Waals surface area contributed by atoms with Crippen molar-refractivity contribution in [3.05, 3.63) is 16.5 Å². The van der Waals surface area contributed by atoms with Crippen LogP contribution in [0.1, 0.15) is 20.3 Å². The largest absolute Gasteiger partial charge is 0.368 e. The highest BCUT2D eigenvalue weighted by Gasteiger charge is 2.45. The van der Waals surface area contributed by atoms with Gasteiger partial charge in [-0.2, -0.15) is 4.98 Å². The second kappa shape index (κ2) is 3.80. The average Bonchev–Trinajstić information content (AvgIpc) is 2.76. The quantitative estimate of drug-likeness (QED) is 0.832. The van der Waals surface area contributed by atoms with E-state index in [1.807, 2.05) is 0 Å². The molecule has 1 aliphatic rings. The fourth-order valence-corrected chi connectivity index (χ4v) is 1.91. The summed E-state index contributed by atoms with van der Waals surface area (Å²) in [5, 5.41) is 3.94. The van der Waals surface area contributed by atoms with E-state index in [-0.39, 0.29) is 5.28 Å². The molecule has 0 bridgehead atoms. The second-order valence-corrected chi connectivity index (χ2v) is 5.35. The van der Waals surface area contributed by atoms with Crippen LogP contribution in [0.3, 0.4) is 0 Å². The number of halogens is 2. The fourth-order valence-electron chi connectivity index (χ4n) is 1.61. The molecule has 15 heavy (non-hydrogen) atoms. The van der Waals surface area contributed by atoms with E-state index in [2.05, 4.69) is 29.1 Å². The van der Waals surface area contributed by atoms with Crippen LogP contribution < -0.4 is 5.32 Å². The molecule has 0 spiro atoms. The van der Waals surface area contributed by atoms with Crippen LogP contribution in [0.2, 0.25) is 10.3 Å². The predicted octanol–water partition coefficient (Wildman–Crippen LogP) is 3.24. The van der Waals surface area contributed by atoms with E-state index in [1.54, 1.807) is 0 Å². The molecule has 5 heteroatoms. The lowest BCUT2D eigenvalue weighted by Crippen LogP contribution is -2.09. The summed E-state index contributed by atoms with van der Waals surface area (Å²) >= 11 is 11.6. The molecule has 1 aromatic heterocycles. The summed E-state index contributed by atoms with van der Waals surface area (Å²) in [6.07, 6.45) is 2.76. The number of anilines is 1. The van der Waals surface area contributed by atoms with Crippen molar-refractivity contribution < 1.29 is 0 Å². The molecule has 0 saturated heterocycles. The van der Waals surface area contributed by atoms with Crippen molar-refractivity contribution in [2.24, 2.45) is 11.3 Å². The van der Waals surface area contributed by atoms with Gasteiger partial charge in [-0.25, -0.2) is 4.98 Å². The fraction of sp³-hybridized carbons (Fsp3) is 0.600. The van der Waals surface area contributed by atoms with Crippen molar-refractivity contribution in [1.29, 1.82) is 0 Å². The highest BCUT2D eigenvalue weighted by atomic mass is 35.5. The normalized spacial score (nSPS) is 22.5. The van der Waals surface area contributed by atoms with Crippen LogP contribution in [0, 0.1) is 11.3 Å². The van der Waals surface area contributed by atoms with E-state index in [9.17, 15) is 0 Å². The molecular weight excluding hydrogens is 233 g/mol. The minimum atomic E-state index is 0.219. The Balaban J connectivity index is 1.96. The first-order chi connectivity index (χ1) is 6.99. The van der Waals surface area contributed by atoms with Crippen molar-refractivity contribution in [3.63, 3.8) is 0 Å². The lowest BCUT2D eigenvalue weighted by molar-refractivity contribution is 0.573. The molecule has 1 heterocycles. The first-order valence-electron chi connectivity index (χ1n) is 4.91. The van der Waals surface area contributed by atoms with Crippen LogP contribution in [-0.2, 0) is 0 Å². The molecule has 1 aromatic rings. The van der Waals surface area contributed by atoms with E-state index >= 15 is 0 Å². The Morgan fingerprint density at radius 3 is 2.80 bits per heavy atom. The first kappa shape index (κ1) is 11.0. The number of rotatable bonds is 3. The summed E-state index contributed by atoms with van der Waals surface area (Å²) < 4.78 is 0. The van der Waals surface area contributed by atoms with Crippen molar-refractivity contribution in [3.8, 4) is 0 Å². The summed E-state index contributed by atoms with van der Waals surface area (Å²) in [5.41, 5.74) is 0.455. The zero-order valence-corrected chi connectivity index (χ0v) is 10.2. The van der Waals surface area contributed by atoms with Crippen LogP contribution in [-0.4, -0.2) is 16.5 Å². The van der Waals surface area contributed by atoms with E-state index in [1.165, 1.54) is 12.6 Å². The average molecular weight is 246 g/mol. The Morgan fingerprint density at radius 1 is 1.53 bits per heavy atom. The van der Waals surface area contributed by atoms with E-state index in [4.69, 9.17) is 23.2 Å². The third-order valence-electron chi connectivity index (χ3n) is 2.95. The number of hydrogen-bond donors (Lipinski definition) is 1. The van der Waals surface area contributed by atoms with Crippen LogP contribution >= 0.6 is 23.2 Å². The number of aromatic nitrogens is 2. The lowest BCUT2D eigenvalue weighted by atomic mass is 10.1. The Hall–Kier alpha value is -0.540. The van der Waals surface area contributed by atoms with Crippen LogP contribution in [0.15, 0.2) is 6.20 Å². The molecule has 1 atom stereocenters. The molecule has 2 rings (SSSR count). The summed E-state index contributed by atoms with van der Waals surface area (Å²) in [6, 6.07) is 0. The molecule has 82 valence electrons. The molecular formula is C10H13Cl2N3. The Labute approximate surface area is 99.2 Å². The first-order valence-corrected chi connectivity index (χ1v) is 5.66. The summed E-state index contributed by atoms with van der Waals surface area (Å²) in [7, 11) is 0. The van der Waals surface area contributed by atoms with Gasteiger partial charge in [-0.05, 0) is 29.4 Å². The maximum atomic E-state index is 5.93. The van der Waals surface area contributed by atoms with Gasteiger partial charge in [0.25, 0.3) is 0 Å². The van der Waals surface area contributed by atoms with Gasteiger partial charge in [0.05, 0.1) is 6.20 Å². The zero-order valence-electron chi connectivity index (χ0n) is 8.72. The molecule has 1 saturated carbocycles. The minimum Gasteiger partial charge on any atom is -0.368 e. The zero-order chi connectivity index (χ0) is 11.1. The molecule has 3 nitrogen and oxygen atoms in total. The van der Waals surface area contributed by atoms with Gasteiger partial charge in [-0.15, -0.1) is 0 Å². The number of hydrogen-bond acceptors (Lipinski definition) is 3. The second-order valence-electron chi connectivity index (χ2n) is 4.61. The van der Waals surface area contributed by atoms with Crippen molar-refractivity contribution >= 4 is 29.0 Å². The predicted molar refractivity (Wildman–Crippen MR) is 62.4 cm³/mol. The Bertz CT molecular complexity index is 379. The summed E-state index contributed by atoms with van der Waals surface area (Å²) in [5.74, 6) is 1.32. The Morgan fingerprint density at radius 2 is 2.20 bits per heavy atom. The molecule has 0 amide bonds. The van der Waals surface area contributed by atoms with Gasteiger partial charge in [-0.3, -0.25) is 0 Å². The van der Waals surface area contributed by atoms with Crippen LogP contribution in [0.5, 0.6) is 0 Å². The standard InChI is InChI=1S/C10H13Cl2N3/c1-10(2)3-6(10)4-13-8-7(11)5-14-9(12)15-8/h5-6H,3-4H2,1-2H3,(H,13,14,15). The van der Waals surface area contributed by atoms with Gasteiger partial charge in [0.2, 0.25) is 5.28 Å². The SMILES string of the molecule is CC1(C)CC1CNc1nc(Cl)ncc1Cl. The van der Waals surface area contributed by atoms with E-state index in [0.29, 0.717) is 22.2 Å². The van der Waals surface area contributed by atoms with Gasteiger partial charge < -0.3 is 5.32 Å². The molecule has 1 aliphatic carbocycles. The number of nitrogens with zero attached hydrogens (tertiary/aromatic N) is 2. The van der Waals surface area contributed by atoms with E-state index < -0.39 is 0 Å². The van der Waals surface area contributed by atoms with Gasteiger partial charge in [0, 0.05) is 6.54 Å². The van der Waals surface area contributed by atoms with Gasteiger partial charge in [0.15, 0.2) is 0 Å². The van der Waals surface area contributed by atoms with Crippen LogP contribution in [0.25, 0.3) is 0 Å². The molecule has 0 radical (unpaired) electrons. The van der Waals surface area contributed by atoms with Crippen molar-refractivity contribution in [1.82, 2.24) is 9.97 Å². The smallest absolute Gasteiger partial charge is 0.224 e. The molecule has 1 unspecified atom stereocenters. The van der Waals surface area contributed by atoms with Crippen LogP contribution in [0.4, 0.5) is 5.82 Å². The summed E-state index contributed by atoms with van der Waals surface area (Å²) in [6.45, 7) is 5.40. The topological polar surface area (TPSA) is 37.8 Å². The van der Waals surface area contributed by atoms with Gasteiger partial charge >= 0.3 is 0 Å². The van der Waals surface area contributed by atoms with E-state index in [0.717, 1.165) is 6.54 Å². The van der Waals surface area contributed by atoms with Gasteiger partial charge in [-0.1, -0.05) is 25.4 Å². The minimum absolute atomic E-state index is 0.219. The highest BCUT2D eigenvalue weighted by Crippen LogP contribution is 2.51. The highest BCUT2D eigenvalue weighted by molar-refractivity contribution is 6.33. The molecule has 1 N–H and O–H groups in total. The molecule has 1 fully saturated rings. The Kier molecular flexibility index (Phi) is 2.77. The molecule has 0 aromatic carbocycles. The van der Waals surface area contributed by atoms with Crippen molar-refractivity contribution in [2.45, 2.75) is 20.3 Å². The third kappa shape index (κ3) is 2.52. The maximum absolute atomic E-state index is 5.93. The maximum Gasteiger partial charge on any atom is 0.224 e. The molecule has 0 aliphatic heterocycles. The number of nitrogens with one attached hydrogen (secondary N) is 1.